The van der Waals surface area contributed by atoms with Crippen molar-refractivity contribution in [3.8, 4) is 11.5 Å². The van der Waals surface area contributed by atoms with Crippen LogP contribution in [-0.4, -0.2) is 34.8 Å². The summed E-state index contributed by atoms with van der Waals surface area (Å²) in [6.45, 7) is -0.0691. The molecular weight excluding hydrogens is 454 g/mol. The normalized spacial score (nSPS) is 11.1. The number of sulfonamides is 1. The zero-order chi connectivity index (χ0) is 24.2. The summed E-state index contributed by atoms with van der Waals surface area (Å²) >= 11 is 0. The fourth-order valence-corrected chi connectivity index (χ4v) is 4.06. The quantitative estimate of drug-likeness (QED) is 0.527. The summed E-state index contributed by atoms with van der Waals surface area (Å²) in [4.78, 5) is 13.1. The van der Waals surface area contributed by atoms with E-state index in [0.717, 1.165) is 22.7 Å². The van der Waals surface area contributed by atoms with E-state index in [1.807, 2.05) is 0 Å². The van der Waals surface area contributed by atoms with E-state index in [2.05, 4.69) is 5.32 Å². The molecule has 1 N–H and O–H groups in total. The molecule has 0 saturated carbocycles. The van der Waals surface area contributed by atoms with Crippen molar-refractivity contribution < 1.29 is 31.5 Å². The van der Waals surface area contributed by atoms with Crippen LogP contribution in [0.2, 0.25) is 0 Å². The maximum Gasteiger partial charge on any atom is 0.258 e. The molecule has 0 radical (unpaired) electrons. The molecule has 3 rings (SSSR count). The van der Waals surface area contributed by atoms with Crippen LogP contribution in [0.1, 0.15) is 15.9 Å². The molecule has 0 aliphatic carbocycles. The molecule has 0 saturated heterocycles. The predicted octanol–water partition coefficient (Wildman–Crippen LogP) is 4.20. The summed E-state index contributed by atoms with van der Waals surface area (Å²) < 4.78 is 64.4. The van der Waals surface area contributed by atoms with Gasteiger partial charge in [-0.05, 0) is 23.8 Å². The number of ether oxygens (including phenoxy) is 2. The number of methoxy groups -OCH3 is 2. The van der Waals surface area contributed by atoms with Crippen LogP contribution >= 0.6 is 0 Å². The minimum absolute atomic E-state index is 0.000905. The first-order valence-corrected chi connectivity index (χ1v) is 11.5. The number of carbonyl (C=O) groups is 1. The first-order chi connectivity index (χ1) is 15.6. The number of hydrogen-bond acceptors (Lipinski definition) is 5. The van der Waals surface area contributed by atoms with Crippen molar-refractivity contribution in [1.82, 2.24) is 0 Å². The minimum atomic E-state index is -3.87. The van der Waals surface area contributed by atoms with Gasteiger partial charge in [0.1, 0.15) is 11.6 Å². The number of anilines is 2. The second-order valence-corrected chi connectivity index (χ2v) is 8.96. The second-order valence-electron chi connectivity index (χ2n) is 7.06. The molecule has 33 heavy (non-hydrogen) atoms. The lowest BCUT2D eigenvalue weighted by atomic mass is 10.1. The van der Waals surface area contributed by atoms with Gasteiger partial charge in [0.25, 0.3) is 5.91 Å². The van der Waals surface area contributed by atoms with Crippen LogP contribution in [0.5, 0.6) is 11.5 Å². The Morgan fingerprint density at radius 1 is 0.970 bits per heavy atom. The van der Waals surface area contributed by atoms with Crippen molar-refractivity contribution in [2.24, 2.45) is 0 Å². The van der Waals surface area contributed by atoms with Crippen molar-refractivity contribution >= 4 is 27.3 Å². The summed E-state index contributed by atoms with van der Waals surface area (Å²) in [7, 11) is -1.14. The van der Waals surface area contributed by atoms with Crippen LogP contribution in [0.4, 0.5) is 20.2 Å². The number of nitrogens with zero attached hydrogens (tertiary/aromatic N) is 1. The van der Waals surface area contributed by atoms with E-state index in [1.54, 1.807) is 30.3 Å². The van der Waals surface area contributed by atoms with Gasteiger partial charge in [-0.2, -0.15) is 0 Å². The first kappa shape index (κ1) is 24.0. The minimum Gasteiger partial charge on any atom is -0.493 e. The van der Waals surface area contributed by atoms with Gasteiger partial charge >= 0.3 is 0 Å². The summed E-state index contributed by atoms with van der Waals surface area (Å²) in [5, 5.41) is 2.35. The lowest BCUT2D eigenvalue weighted by molar-refractivity contribution is 0.102. The monoisotopic (exact) mass is 476 g/mol. The molecule has 10 heteroatoms. The highest BCUT2D eigenvalue weighted by Crippen LogP contribution is 2.37. The van der Waals surface area contributed by atoms with Crippen LogP contribution in [0.15, 0.2) is 60.7 Å². The SMILES string of the molecule is COc1cc(C(=O)Nc2ccc(F)cc2F)c(N(Cc2ccccc2)S(C)(=O)=O)cc1OC. The van der Waals surface area contributed by atoms with E-state index in [9.17, 15) is 22.0 Å². The average molecular weight is 477 g/mol. The van der Waals surface area contributed by atoms with Crippen LogP contribution in [0.3, 0.4) is 0 Å². The number of benzene rings is 3. The predicted molar refractivity (Wildman–Crippen MR) is 121 cm³/mol. The molecule has 0 aliphatic rings. The Labute approximate surface area is 190 Å². The highest BCUT2D eigenvalue weighted by Gasteiger charge is 2.27. The number of rotatable bonds is 8. The highest BCUT2D eigenvalue weighted by atomic mass is 32.2. The van der Waals surface area contributed by atoms with Gasteiger partial charge in [-0.25, -0.2) is 17.2 Å². The fraction of sp³-hybridized carbons (Fsp3) is 0.174. The molecule has 0 unspecified atom stereocenters. The number of amides is 1. The number of nitrogens with one attached hydrogen (secondary N) is 1. The second kappa shape index (κ2) is 9.86. The summed E-state index contributed by atoms with van der Waals surface area (Å²) in [6.07, 6.45) is 1.01. The Kier molecular flexibility index (Phi) is 7.17. The van der Waals surface area contributed by atoms with Gasteiger partial charge in [-0.1, -0.05) is 30.3 Å². The number of halogens is 2. The van der Waals surface area contributed by atoms with Gasteiger partial charge in [-0.3, -0.25) is 9.10 Å². The van der Waals surface area contributed by atoms with E-state index in [0.29, 0.717) is 11.6 Å². The summed E-state index contributed by atoms with van der Waals surface area (Å²) in [6, 6.07) is 14.1. The Hall–Kier alpha value is -3.66. The van der Waals surface area contributed by atoms with Gasteiger partial charge in [0, 0.05) is 12.1 Å². The number of carbonyl (C=O) groups excluding carboxylic acids is 1. The molecule has 1 amide bonds. The largest absolute Gasteiger partial charge is 0.493 e. The number of hydrogen-bond donors (Lipinski definition) is 1. The third-order valence-electron chi connectivity index (χ3n) is 4.76. The van der Waals surface area contributed by atoms with Gasteiger partial charge in [0.15, 0.2) is 11.5 Å². The molecular formula is C23H22F2N2O5S. The molecule has 7 nitrogen and oxygen atoms in total. The topological polar surface area (TPSA) is 84.9 Å². The van der Waals surface area contributed by atoms with E-state index in [4.69, 9.17) is 9.47 Å². The summed E-state index contributed by atoms with van der Waals surface area (Å²) in [5.74, 6) is -2.24. The Balaban J connectivity index is 2.14. The molecule has 0 bridgehead atoms. The fourth-order valence-electron chi connectivity index (χ4n) is 3.17. The Bertz CT molecular complexity index is 1270. The zero-order valence-corrected chi connectivity index (χ0v) is 18.9. The van der Waals surface area contributed by atoms with Crippen LogP contribution in [0.25, 0.3) is 0 Å². The van der Waals surface area contributed by atoms with E-state index < -0.39 is 27.6 Å². The molecule has 0 aliphatic heterocycles. The van der Waals surface area contributed by atoms with Crippen molar-refractivity contribution in [3.05, 3.63) is 83.4 Å². The lowest BCUT2D eigenvalue weighted by Gasteiger charge is -2.26. The first-order valence-electron chi connectivity index (χ1n) is 9.68. The molecule has 0 spiro atoms. The molecule has 0 aromatic heterocycles. The van der Waals surface area contributed by atoms with Crippen molar-refractivity contribution in [2.75, 3.05) is 30.1 Å². The lowest BCUT2D eigenvalue weighted by Crippen LogP contribution is -2.31. The van der Waals surface area contributed by atoms with Gasteiger partial charge in [0.2, 0.25) is 10.0 Å². The zero-order valence-electron chi connectivity index (χ0n) is 18.1. The Morgan fingerprint density at radius 2 is 1.61 bits per heavy atom. The van der Waals surface area contributed by atoms with E-state index in [-0.39, 0.29) is 35.0 Å². The van der Waals surface area contributed by atoms with Gasteiger partial charge < -0.3 is 14.8 Å². The standard InChI is InChI=1S/C23H22F2N2O5S/c1-31-21-12-17(23(28)26-19-10-9-16(24)11-18(19)25)20(13-22(21)32-2)27(33(3,29)30)14-15-7-5-4-6-8-15/h4-13H,14H2,1-3H3,(H,26,28). The van der Waals surface area contributed by atoms with Crippen molar-refractivity contribution in [3.63, 3.8) is 0 Å². The van der Waals surface area contributed by atoms with Crippen LogP contribution in [0, 0.1) is 11.6 Å². The van der Waals surface area contributed by atoms with E-state index >= 15 is 0 Å². The Morgan fingerprint density at radius 3 is 2.18 bits per heavy atom. The van der Waals surface area contributed by atoms with Crippen molar-refractivity contribution in [1.29, 1.82) is 0 Å². The molecule has 0 heterocycles. The molecule has 0 fully saturated rings. The molecule has 3 aromatic carbocycles. The maximum absolute atomic E-state index is 14.1. The summed E-state index contributed by atoms with van der Waals surface area (Å²) in [5.41, 5.74) is 0.293. The van der Waals surface area contributed by atoms with Gasteiger partial charge in [-0.15, -0.1) is 0 Å². The highest BCUT2D eigenvalue weighted by molar-refractivity contribution is 7.92. The maximum atomic E-state index is 14.1. The van der Waals surface area contributed by atoms with E-state index in [1.165, 1.54) is 26.4 Å². The molecule has 3 aromatic rings. The van der Waals surface area contributed by atoms with Crippen LogP contribution < -0.4 is 19.1 Å². The molecule has 174 valence electrons. The van der Waals surface area contributed by atoms with Gasteiger partial charge in [0.05, 0.1) is 44.0 Å². The molecule has 0 atom stereocenters. The third kappa shape index (κ3) is 5.58. The smallest absolute Gasteiger partial charge is 0.258 e. The average Bonchev–Trinajstić information content (AvgIpc) is 2.78. The van der Waals surface area contributed by atoms with Crippen molar-refractivity contribution in [2.45, 2.75) is 6.54 Å². The van der Waals surface area contributed by atoms with Crippen LogP contribution in [-0.2, 0) is 16.6 Å². The third-order valence-corrected chi connectivity index (χ3v) is 5.89.